The Morgan fingerprint density at radius 3 is 2.56 bits per heavy atom. The molecule has 2 N–H and O–H groups in total. The zero-order valence-electron chi connectivity index (χ0n) is 8.44. The number of nitriles is 1. The van der Waals surface area contributed by atoms with Crippen molar-refractivity contribution in [2.75, 3.05) is 5.73 Å². The van der Waals surface area contributed by atoms with Crippen LogP contribution in [0.15, 0.2) is 42.5 Å². The summed E-state index contributed by atoms with van der Waals surface area (Å²) in [7, 11) is 0. The summed E-state index contributed by atoms with van der Waals surface area (Å²) in [4.78, 5) is 0. The zero-order chi connectivity index (χ0) is 11.5. The molecule has 78 valence electrons. The number of nitrogens with zero attached hydrogens (tertiary/aromatic N) is 1. The van der Waals surface area contributed by atoms with Gasteiger partial charge < -0.3 is 5.73 Å². The third-order valence-corrected chi connectivity index (χ3v) is 2.35. The van der Waals surface area contributed by atoms with Crippen LogP contribution in [0, 0.1) is 17.1 Å². The van der Waals surface area contributed by atoms with Crippen LogP contribution in [-0.2, 0) is 0 Å². The average molecular weight is 212 g/mol. The van der Waals surface area contributed by atoms with Gasteiger partial charge in [-0.05, 0) is 29.3 Å². The maximum Gasteiger partial charge on any atom is 0.146 e. The average Bonchev–Trinajstić information content (AvgIpc) is 2.32. The first-order chi connectivity index (χ1) is 7.72. The number of benzene rings is 2. The minimum Gasteiger partial charge on any atom is -0.396 e. The van der Waals surface area contributed by atoms with E-state index in [9.17, 15) is 4.39 Å². The Hall–Kier alpha value is -2.34. The lowest BCUT2D eigenvalue weighted by Crippen LogP contribution is -1.91. The number of halogens is 1. The van der Waals surface area contributed by atoms with Crippen LogP contribution in [0.4, 0.5) is 10.1 Å². The lowest BCUT2D eigenvalue weighted by molar-refractivity contribution is 0.632. The minimum atomic E-state index is -0.446. The smallest absolute Gasteiger partial charge is 0.146 e. The molecular weight excluding hydrogens is 203 g/mol. The highest BCUT2D eigenvalue weighted by atomic mass is 19.1. The molecule has 0 radical (unpaired) electrons. The second-order valence-electron chi connectivity index (χ2n) is 3.39. The summed E-state index contributed by atoms with van der Waals surface area (Å²) in [6, 6.07) is 13.7. The molecule has 0 amide bonds. The molecule has 0 aliphatic heterocycles. The third-order valence-electron chi connectivity index (χ3n) is 2.35. The van der Waals surface area contributed by atoms with Crippen molar-refractivity contribution in [1.82, 2.24) is 0 Å². The van der Waals surface area contributed by atoms with Gasteiger partial charge in [0.25, 0.3) is 0 Å². The van der Waals surface area contributed by atoms with E-state index in [2.05, 4.69) is 6.07 Å². The van der Waals surface area contributed by atoms with Crippen molar-refractivity contribution in [3.05, 3.63) is 53.8 Å². The normalized spacial score (nSPS) is 9.75. The van der Waals surface area contributed by atoms with Crippen LogP contribution in [0.2, 0.25) is 0 Å². The standard InChI is InChI=1S/C13H9FN2/c14-12-6-5-9(7-13(12)16)11-4-2-1-3-10(11)8-15/h1-7H,16H2. The van der Waals surface area contributed by atoms with Crippen molar-refractivity contribution >= 4 is 5.69 Å². The summed E-state index contributed by atoms with van der Waals surface area (Å²) in [6.07, 6.45) is 0. The minimum absolute atomic E-state index is 0.0882. The number of anilines is 1. The molecule has 2 rings (SSSR count). The first-order valence-corrected chi connectivity index (χ1v) is 4.77. The first-order valence-electron chi connectivity index (χ1n) is 4.77. The highest BCUT2D eigenvalue weighted by Gasteiger charge is 2.05. The second kappa shape index (κ2) is 4.03. The number of rotatable bonds is 1. The van der Waals surface area contributed by atoms with Crippen LogP contribution in [0.1, 0.15) is 5.56 Å². The van der Waals surface area contributed by atoms with Gasteiger partial charge in [0, 0.05) is 0 Å². The van der Waals surface area contributed by atoms with Gasteiger partial charge in [0.15, 0.2) is 0 Å². The van der Waals surface area contributed by atoms with Crippen LogP contribution in [0.3, 0.4) is 0 Å². The van der Waals surface area contributed by atoms with Crippen molar-refractivity contribution in [3.8, 4) is 17.2 Å². The van der Waals surface area contributed by atoms with E-state index in [1.165, 1.54) is 12.1 Å². The van der Waals surface area contributed by atoms with E-state index in [4.69, 9.17) is 11.0 Å². The van der Waals surface area contributed by atoms with E-state index in [1.54, 1.807) is 18.2 Å². The Balaban J connectivity index is 2.60. The first kappa shape index (κ1) is 10.2. The monoisotopic (exact) mass is 212 g/mol. The Morgan fingerprint density at radius 1 is 1.12 bits per heavy atom. The molecule has 0 aliphatic carbocycles. The molecule has 3 heteroatoms. The van der Waals surface area contributed by atoms with Crippen LogP contribution < -0.4 is 5.73 Å². The topological polar surface area (TPSA) is 49.8 Å². The fourth-order valence-electron chi connectivity index (χ4n) is 1.54. The van der Waals surface area contributed by atoms with Crippen LogP contribution in [0.25, 0.3) is 11.1 Å². The second-order valence-corrected chi connectivity index (χ2v) is 3.39. The maximum atomic E-state index is 13.0. The number of hydrogen-bond donors (Lipinski definition) is 1. The van der Waals surface area contributed by atoms with Gasteiger partial charge in [-0.3, -0.25) is 0 Å². The van der Waals surface area contributed by atoms with E-state index < -0.39 is 5.82 Å². The predicted octanol–water partition coefficient (Wildman–Crippen LogP) is 2.95. The fraction of sp³-hybridized carbons (Fsp3) is 0. The quantitative estimate of drug-likeness (QED) is 0.739. The number of nitrogens with two attached hydrogens (primary N) is 1. The summed E-state index contributed by atoms with van der Waals surface area (Å²) in [5.74, 6) is -0.446. The lowest BCUT2D eigenvalue weighted by Gasteiger charge is -2.05. The van der Waals surface area contributed by atoms with Crippen molar-refractivity contribution in [2.24, 2.45) is 0 Å². The Bertz CT molecular complexity index is 570. The van der Waals surface area contributed by atoms with Crippen molar-refractivity contribution in [3.63, 3.8) is 0 Å². The summed E-state index contributed by atoms with van der Waals surface area (Å²) < 4.78 is 13.0. The van der Waals surface area contributed by atoms with Gasteiger partial charge >= 0.3 is 0 Å². The van der Waals surface area contributed by atoms with Gasteiger partial charge in [-0.15, -0.1) is 0 Å². The molecule has 0 aromatic heterocycles. The summed E-state index contributed by atoms with van der Waals surface area (Å²) >= 11 is 0. The molecule has 0 aliphatic rings. The van der Waals surface area contributed by atoms with E-state index in [0.717, 1.165) is 11.1 Å². The van der Waals surface area contributed by atoms with Crippen LogP contribution in [-0.4, -0.2) is 0 Å². The van der Waals surface area contributed by atoms with Crippen molar-refractivity contribution in [1.29, 1.82) is 5.26 Å². The molecule has 0 bridgehead atoms. The van der Waals surface area contributed by atoms with Gasteiger partial charge in [-0.1, -0.05) is 24.3 Å². The zero-order valence-corrected chi connectivity index (χ0v) is 8.44. The summed E-state index contributed by atoms with van der Waals surface area (Å²) in [5.41, 5.74) is 7.64. The Morgan fingerprint density at radius 2 is 1.88 bits per heavy atom. The van der Waals surface area contributed by atoms with Crippen molar-refractivity contribution in [2.45, 2.75) is 0 Å². The Kier molecular flexibility index (Phi) is 2.57. The molecule has 0 saturated heterocycles. The molecule has 0 atom stereocenters. The molecule has 0 unspecified atom stereocenters. The Labute approximate surface area is 92.8 Å². The van der Waals surface area contributed by atoms with E-state index in [-0.39, 0.29) is 5.69 Å². The molecule has 2 nitrogen and oxygen atoms in total. The number of hydrogen-bond acceptors (Lipinski definition) is 2. The largest absolute Gasteiger partial charge is 0.396 e. The maximum absolute atomic E-state index is 13.0. The van der Waals surface area contributed by atoms with E-state index in [0.29, 0.717) is 5.56 Å². The SMILES string of the molecule is N#Cc1ccccc1-c1ccc(F)c(N)c1. The number of nitrogen functional groups attached to an aromatic ring is 1. The molecule has 0 spiro atoms. The molecule has 0 saturated carbocycles. The van der Waals surface area contributed by atoms with Gasteiger partial charge in [0.1, 0.15) is 5.82 Å². The van der Waals surface area contributed by atoms with Gasteiger partial charge in [0.05, 0.1) is 17.3 Å². The summed E-state index contributed by atoms with van der Waals surface area (Å²) in [5, 5.41) is 8.95. The molecular formula is C13H9FN2. The predicted molar refractivity (Wildman–Crippen MR) is 61.0 cm³/mol. The molecule has 0 fully saturated rings. The van der Waals surface area contributed by atoms with Gasteiger partial charge in [-0.2, -0.15) is 5.26 Å². The van der Waals surface area contributed by atoms with E-state index in [1.807, 2.05) is 12.1 Å². The third kappa shape index (κ3) is 1.73. The summed E-state index contributed by atoms with van der Waals surface area (Å²) in [6.45, 7) is 0. The van der Waals surface area contributed by atoms with Gasteiger partial charge in [0.2, 0.25) is 0 Å². The molecule has 0 heterocycles. The lowest BCUT2D eigenvalue weighted by atomic mass is 10.00. The van der Waals surface area contributed by atoms with Crippen LogP contribution in [0.5, 0.6) is 0 Å². The highest BCUT2D eigenvalue weighted by molar-refractivity contribution is 5.72. The van der Waals surface area contributed by atoms with Crippen LogP contribution >= 0.6 is 0 Å². The van der Waals surface area contributed by atoms with Crippen molar-refractivity contribution < 1.29 is 4.39 Å². The molecule has 2 aromatic rings. The highest BCUT2D eigenvalue weighted by Crippen LogP contribution is 2.25. The molecule has 2 aromatic carbocycles. The van der Waals surface area contributed by atoms with E-state index >= 15 is 0 Å². The molecule has 16 heavy (non-hydrogen) atoms. The van der Waals surface area contributed by atoms with Gasteiger partial charge in [-0.25, -0.2) is 4.39 Å². The fourth-order valence-corrected chi connectivity index (χ4v) is 1.54.